The highest BCUT2D eigenvalue weighted by Gasteiger charge is 2.39. The Morgan fingerprint density at radius 2 is 1.88 bits per heavy atom. The predicted molar refractivity (Wildman–Crippen MR) is 70.2 cm³/mol. The Kier molecular flexibility index (Phi) is 6.17. The molecule has 0 aliphatic heterocycles. The molecule has 92 valence electrons. The minimum Gasteiger partial charge on any atom is -0.396 e. The van der Waals surface area contributed by atoms with Crippen LogP contribution in [0, 0.1) is 23.7 Å². The molecule has 0 radical (unpaired) electrons. The number of rotatable bonds is 6. The Hall–Kier alpha value is -0.250. The van der Waals surface area contributed by atoms with Crippen molar-refractivity contribution in [1.29, 1.82) is 0 Å². The summed E-state index contributed by atoms with van der Waals surface area (Å²) in [5.41, 5.74) is 0. The van der Waals surface area contributed by atoms with Gasteiger partial charge in [-0.3, -0.25) is 0 Å². The van der Waals surface area contributed by atoms with E-state index < -0.39 is 0 Å². The first-order valence-electron chi connectivity index (χ1n) is 5.91. The Balaban J connectivity index is 2.67. The van der Waals surface area contributed by atoms with Gasteiger partial charge in [0.05, 0.1) is 0 Å². The summed E-state index contributed by atoms with van der Waals surface area (Å²) in [5, 5.41) is 20.9. The summed E-state index contributed by atoms with van der Waals surface area (Å²) in [6.07, 6.45) is 5.10. The quantitative estimate of drug-likeness (QED) is 0.702. The topological polar surface area (TPSA) is 40.5 Å². The van der Waals surface area contributed by atoms with Crippen LogP contribution in [0.15, 0.2) is 24.1 Å². The molecule has 0 aromatic heterocycles. The van der Waals surface area contributed by atoms with Gasteiger partial charge in [-0.25, -0.2) is 0 Å². The highest BCUT2D eigenvalue weighted by Crippen LogP contribution is 2.42. The van der Waals surface area contributed by atoms with Gasteiger partial charge in [-0.1, -0.05) is 19.1 Å². The molecule has 0 aromatic carbocycles. The van der Waals surface area contributed by atoms with Crippen molar-refractivity contribution in [3.63, 3.8) is 0 Å². The predicted octanol–water partition coefficient (Wildman–Crippen LogP) is 2.29. The van der Waals surface area contributed by atoms with Crippen LogP contribution >= 0.6 is 11.8 Å². The second-order valence-corrected chi connectivity index (χ2v) is 5.46. The average Bonchev–Trinajstić information content (AvgIpc) is 2.66. The summed E-state index contributed by atoms with van der Waals surface area (Å²) in [4.78, 5) is 0. The summed E-state index contributed by atoms with van der Waals surface area (Å²) >= 11 is 1.77. The Morgan fingerprint density at radius 1 is 1.25 bits per heavy atom. The highest BCUT2D eigenvalue weighted by molar-refractivity contribution is 8.02. The van der Waals surface area contributed by atoms with E-state index in [1.54, 1.807) is 11.8 Å². The van der Waals surface area contributed by atoms with Crippen molar-refractivity contribution in [3.8, 4) is 0 Å². The molecular weight excluding hydrogens is 220 g/mol. The van der Waals surface area contributed by atoms with Gasteiger partial charge in [0.2, 0.25) is 0 Å². The van der Waals surface area contributed by atoms with Crippen LogP contribution in [0.3, 0.4) is 0 Å². The first-order chi connectivity index (χ1) is 7.78. The summed E-state index contributed by atoms with van der Waals surface area (Å²) in [5.74, 6) is 2.14. The smallest absolute Gasteiger partial charge is 0.0468 e. The van der Waals surface area contributed by atoms with Crippen molar-refractivity contribution in [2.45, 2.75) is 13.3 Å². The third kappa shape index (κ3) is 3.12. The molecule has 0 spiro atoms. The zero-order valence-corrected chi connectivity index (χ0v) is 10.7. The molecule has 1 aliphatic carbocycles. The van der Waals surface area contributed by atoms with Crippen LogP contribution in [0.25, 0.3) is 0 Å². The summed E-state index contributed by atoms with van der Waals surface area (Å²) < 4.78 is 0. The molecule has 1 rings (SSSR count). The number of hydrogen-bond donors (Lipinski definition) is 2. The van der Waals surface area contributed by atoms with Crippen molar-refractivity contribution in [1.82, 2.24) is 0 Å². The van der Waals surface area contributed by atoms with Gasteiger partial charge in [0.15, 0.2) is 0 Å². The van der Waals surface area contributed by atoms with E-state index in [0.717, 1.165) is 12.2 Å². The molecule has 2 nitrogen and oxygen atoms in total. The van der Waals surface area contributed by atoms with Gasteiger partial charge in [0.25, 0.3) is 0 Å². The molecule has 3 heteroatoms. The summed E-state index contributed by atoms with van der Waals surface area (Å²) in [6.45, 7) is 6.24. The number of allylic oxidation sites excluding steroid dienone is 2. The molecule has 0 unspecified atom stereocenters. The molecule has 1 fully saturated rings. The molecule has 0 aromatic rings. The van der Waals surface area contributed by atoms with Crippen molar-refractivity contribution in [2.75, 3.05) is 19.0 Å². The zero-order chi connectivity index (χ0) is 12.0. The molecule has 0 heterocycles. The van der Waals surface area contributed by atoms with E-state index in [4.69, 9.17) is 0 Å². The van der Waals surface area contributed by atoms with Crippen LogP contribution < -0.4 is 0 Å². The summed E-state index contributed by atoms with van der Waals surface area (Å²) in [6, 6.07) is 0. The van der Waals surface area contributed by atoms with Crippen LogP contribution in [-0.4, -0.2) is 29.2 Å². The van der Waals surface area contributed by atoms with E-state index in [1.807, 2.05) is 6.08 Å². The molecule has 4 atom stereocenters. The van der Waals surface area contributed by atoms with Gasteiger partial charge in [-0.15, -0.1) is 18.3 Å². The highest BCUT2D eigenvalue weighted by atomic mass is 32.2. The molecule has 1 aliphatic rings. The number of thioether (sulfide) groups is 1. The van der Waals surface area contributed by atoms with Crippen molar-refractivity contribution < 1.29 is 10.2 Å². The van der Waals surface area contributed by atoms with Crippen LogP contribution in [0.2, 0.25) is 0 Å². The number of hydrogen-bond acceptors (Lipinski definition) is 3. The van der Waals surface area contributed by atoms with Crippen molar-refractivity contribution in [2.24, 2.45) is 23.7 Å². The zero-order valence-electron chi connectivity index (χ0n) is 9.88. The minimum atomic E-state index is 0.146. The second kappa shape index (κ2) is 7.15. The molecule has 0 saturated heterocycles. The lowest BCUT2D eigenvalue weighted by atomic mass is 9.88. The largest absolute Gasteiger partial charge is 0.396 e. The summed E-state index contributed by atoms with van der Waals surface area (Å²) in [7, 11) is 0. The molecule has 0 bridgehead atoms. The van der Waals surface area contributed by atoms with Gasteiger partial charge < -0.3 is 10.2 Å². The van der Waals surface area contributed by atoms with Gasteiger partial charge >= 0.3 is 0 Å². The van der Waals surface area contributed by atoms with Gasteiger partial charge in [-0.05, 0) is 41.3 Å². The maximum absolute atomic E-state index is 9.42. The van der Waals surface area contributed by atoms with Gasteiger partial charge in [0, 0.05) is 13.2 Å². The Bertz CT molecular complexity index is 240. The van der Waals surface area contributed by atoms with Crippen LogP contribution in [0.5, 0.6) is 0 Å². The fraction of sp³-hybridized carbons (Fsp3) is 0.692. The second-order valence-electron chi connectivity index (χ2n) is 4.28. The average molecular weight is 242 g/mol. The van der Waals surface area contributed by atoms with Crippen LogP contribution in [-0.2, 0) is 0 Å². The third-order valence-electron chi connectivity index (χ3n) is 3.51. The SMILES string of the molecule is C=C[C@@H]1C[C@H](/C=C\SCC)[C@@H](CO)[C@H]1CO. The Morgan fingerprint density at radius 3 is 2.38 bits per heavy atom. The fourth-order valence-electron chi connectivity index (χ4n) is 2.59. The molecule has 2 N–H and O–H groups in total. The molecule has 16 heavy (non-hydrogen) atoms. The maximum Gasteiger partial charge on any atom is 0.0468 e. The lowest BCUT2D eigenvalue weighted by Gasteiger charge is -2.20. The van der Waals surface area contributed by atoms with Crippen LogP contribution in [0.4, 0.5) is 0 Å². The minimum absolute atomic E-state index is 0.146. The first-order valence-corrected chi connectivity index (χ1v) is 6.95. The fourth-order valence-corrected chi connectivity index (χ4v) is 3.09. The van der Waals surface area contributed by atoms with Crippen molar-refractivity contribution >= 4 is 11.8 Å². The van der Waals surface area contributed by atoms with E-state index in [1.165, 1.54) is 0 Å². The lowest BCUT2D eigenvalue weighted by molar-refractivity contribution is 0.117. The van der Waals surface area contributed by atoms with Crippen molar-refractivity contribution in [3.05, 3.63) is 24.1 Å². The molecular formula is C13H22O2S. The van der Waals surface area contributed by atoms with E-state index in [2.05, 4.69) is 25.0 Å². The third-order valence-corrected chi connectivity index (χ3v) is 4.19. The first kappa shape index (κ1) is 13.8. The number of aliphatic hydroxyl groups excluding tert-OH is 2. The van der Waals surface area contributed by atoms with E-state index in [0.29, 0.717) is 11.8 Å². The lowest BCUT2D eigenvalue weighted by Crippen LogP contribution is -2.23. The molecule has 1 saturated carbocycles. The Labute approximate surface area is 102 Å². The van der Waals surface area contributed by atoms with Gasteiger partial charge in [-0.2, -0.15) is 0 Å². The normalized spacial score (nSPS) is 34.7. The molecule has 0 amide bonds. The van der Waals surface area contributed by atoms with Gasteiger partial charge in [0.1, 0.15) is 0 Å². The van der Waals surface area contributed by atoms with E-state index >= 15 is 0 Å². The number of aliphatic hydroxyl groups is 2. The van der Waals surface area contributed by atoms with Crippen LogP contribution in [0.1, 0.15) is 13.3 Å². The van der Waals surface area contributed by atoms with E-state index in [9.17, 15) is 10.2 Å². The standard InChI is InChI=1S/C13H22O2S/c1-3-10-7-11(5-6-16-4-2)13(9-15)12(10)8-14/h3,5-6,10-15H,1,4,7-9H2,2H3/b6-5-/t10-,11+,12+,13-/m1/s1. The maximum atomic E-state index is 9.42. The van der Waals surface area contributed by atoms with E-state index in [-0.39, 0.29) is 25.0 Å². The monoisotopic (exact) mass is 242 g/mol.